The number of aromatic nitrogens is 1. The first-order chi connectivity index (χ1) is 11.2. The lowest BCUT2D eigenvalue weighted by Gasteiger charge is -2.18. The summed E-state index contributed by atoms with van der Waals surface area (Å²) in [7, 11) is 0. The number of aryl methyl sites for hydroxylation is 2. The Balaban J connectivity index is 1.94. The fourth-order valence-electron chi connectivity index (χ4n) is 2.71. The molecule has 23 heavy (non-hydrogen) atoms. The van der Waals surface area contributed by atoms with E-state index in [4.69, 9.17) is 5.26 Å². The number of nitrogens with zero attached hydrogens (tertiary/aromatic N) is 3. The normalized spacial score (nSPS) is 13.0. The van der Waals surface area contributed by atoms with Crippen molar-refractivity contribution in [2.24, 2.45) is 0 Å². The van der Waals surface area contributed by atoms with Crippen LogP contribution in [0.5, 0.6) is 0 Å². The van der Waals surface area contributed by atoms with Gasteiger partial charge in [-0.05, 0) is 43.9 Å². The topological polar surface area (TPSA) is 57.0 Å². The molecule has 1 aromatic heterocycles. The molecule has 1 heterocycles. The van der Waals surface area contributed by atoms with Crippen LogP contribution in [0.2, 0.25) is 0 Å². The summed E-state index contributed by atoms with van der Waals surface area (Å²) in [5.41, 5.74) is 2.11. The summed E-state index contributed by atoms with van der Waals surface area (Å²) >= 11 is 1.60. The maximum absolute atomic E-state index is 12.9. The molecule has 4 nitrogen and oxygen atoms in total. The average molecular weight is 323 g/mol. The van der Waals surface area contributed by atoms with Crippen molar-refractivity contribution in [2.75, 3.05) is 11.4 Å². The molecule has 116 valence electrons. The highest BCUT2D eigenvalue weighted by molar-refractivity contribution is 7.16. The van der Waals surface area contributed by atoms with E-state index in [1.165, 1.54) is 11.3 Å². The first-order valence-electron chi connectivity index (χ1n) is 7.64. The highest BCUT2D eigenvalue weighted by atomic mass is 32.1. The van der Waals surface area contributed by atoms with Gasteiger partial charge in [0.2, 0.25) is 0 Å². The number of hydrogen-bond donors (Lipinski definition) is 0. The zero-order valence-electron chi connectivity index (χ0n) is 12.8. The SMILES string of the molecule is C=CCN(C(=O)c1cccc(C#N)c1)c1nc2c(s1)CCCC2. The molecule has 0 saturated heterocycles. The minimum absolute atomic E-state index is 0.145. The molecule has 0 spiro atoms. The molecular weight excluding hydrogens is 306 g/mol. The average Bonchev–Trinajstić information content (AvgIpc) is 3.02. The first-order valence-corrected chi connectivity index (χ1v) is 8.46. The summed E-state index contributed by atoms with van der Waals surface area (Å²) in [6.07, 6.45) is 6.09. The minimum Gasteiger partial charge on any atom is -0.280 e. The molecule has 0 saturated carbocycles. The molecule has 0 fully saturated rings. The first kappa shape index (κ1) is 15.4. The number of amides is 1. The molecule has 2 aromatic rings. The number of nitriles is 1. The van der Waals surface area contributed by atoms with Gasteiger partial charge in [-0.25, -0.2) is 4.98 Å². The van der Waals surface area contributed by atoms with E-state index in [-0.39, 0.29) is 5.91 Å². The predicted molar refractivity (Wildman–Crippen MR) is 91.8 cm³/mol. The van der Waals surface area contributed by atoms with E-state index >= 15 is 0 Å². The van der Waals surface area contributed by atoms with Gasteiger partial charge >= 0.3 is 0 Å². The van der Waals surface area contributed by atoms with Crippen LogP contribution >= 0.6 is 11.3 Å². The van der Waals surface area contributed by atoms with Crippen molar-refractivity contribution in [1.82, 2.24) is 4.98 Å². The molecular formula is C18H17N3OS. The van der Waals surface area contributed by atoms with Gasteiger partial charge in [-0.15, -0.1) is 17.9 Å². The number of carbonyl (C=O) groups is 1. The second kappa shape index (κ2) is 6.76. The van der Waals surface area contributed by atoms with Crippen molar-refractivity contribution in [3.8, 4) is 6.07 Å². The molecule has 1 aliphatic rings. The van der Waals surface area contributed by atoms with Crippen LogP contribution in [0.15, 0.2) is 36.9 Å². The zero-order valence-corrected chi connectivity index (χ0v) is 13.6. The number of rotatable bonds is 4. The molecule has 1 aliphatic carbocycles. The van der Waals surface area contributed by atoms with Crippen molar-refractivity contribution in [1.29, 1.82) is 5.26 Å². The van der Waals surface area contributed by atoms with E-state index in [1.54, 1.807) is 46.6 Å². The third-order valence-corrected chi connectivity index (χ3v) is 5.04. The Morgan fingerprint density at radius 2 is 2.26 bits per heavy atom. The maximum Gasteiger partial charge on any atom is 0.260 e. The van der Waals surface area contributed by atoms with Crippen LogP contribution in [-0.2, 0) is 12.8 Å². The van der Waals surface area contributed by atoms with E-state index in [0.29, 0.717) is 17.7 Å². The molecule has 0 N–H and O–H groups in total. The third-order valence-electron chi connectivity index (χ3n) is 3.86. The molecule has 0 bridgehead atoms. The number of benzene rings is 1. The summed E-state index contributed by atoms with van der Waals surface area (Å²) in [4.78, 5) is 20.5. The molecule has 1 amide bonds. The van der Waals surface area contributed by atoms with Crippen molar-refractivity contribution in [3.63, 3.8) is 0 Å². The van der Waals surface area contributed by atoms with Crippen LogP contribution in [0.4, 0.5) is 5.13 Å². The second-order valence-corrected chi connectivity index (χ2v) is 6.53. The Hall–Kier alpha value is -2.45. The Morgan fingerprint density at radius 3 is 3.00 bits per heavy atom. The number of carbonyl (C=O) groups excluding carboxylic acids is 1. The van der Waals surface area contributed by atoms with E-state index < -0.39 is 0 Å². The van der Waals surface area contributed by atoms with Crippen LogP contribution in [0.3, 0.4) is 0 Å². The highest BCUT2D eigenvalue weighted by Crippen LogP contribution is 2.32. The van der Waals surface area contributed by atoms with E-state index in [1.807, 2.05) is 0 Å². The van der Waals surface area contributed by atoms with Crippen LogP contribution in [-0.4, -0.2) is 17.4 Å². The van der Waals surface area contributed by atoms with Gasteiger partial charge in [-0.1, -0.05) is 12.1 Å². The van der Waals surface area contributed by atoms with Crippen LogP contribution in [0, 0.1) is 11.3 Å². The second-order valence-electron chi connectivity index (χ2n) is 5.47. The van der Waals surface area contributed by atoms with Gasteiger partial charge in [0.15, 0.2) is 5.13 Å². The molecule has 5 heteroatoms. The van der Waals surface area contributed by atoms with E-state index in [9.17, 15) is 4.79 Å². The van der Waals surface area contributed by atoms with Crippen molar-refractivity contribution in [3.05, 3.63) is 58.6 Å². The Morgan fingerprint density at radius 1 is 1.43 bits per heavy atom. The third kappa shape index (κ3) is 3.17. The van der Waals surface area contributed by atoms with Crippen molar-refractivity contribution >= 4 is 22.4 Å². The number of fused-ring (bicyclic) bond motifs is 1. The van der Waals surface area contributed by atoms with Gasteiger partial charge in [-0.3, -0.25) is 9.69 Å². The van der Waals surface area contributed by atoms with Crippen LogP contribution < -0.4 is 4.90 Å². The number of hydrogen-bond acceptors (Lipinski definition) is 4. The quantitative estimate of drug-likeness (QED) is 0.806. The monoisotopic (exact) mass is 323 g/mol. The van der Waals surface area contributed by atoms with E-state index in [2.05, 4.69) is 17.6 Å². The lowest BCUT2D eigenvalue weighted by molar-refractivity contribution is 0.0989. The summed E-state index contributed by atoms with van der Waals surface area (Å²) in [5.74, 6) is -0.145. The molecule has 0 aliphatic heterocycles. The molecule has 0 radical (unpaired) electrons. The minimum atomic E-state index is -0.145. The summed E-state index contributed by atoms with van der Waals surface area (Å²) in [5, 5.41) is 9.74. The van der Waals surface area contributed by atoms with Gasteiger partial charge < -0.3 is 0 Å². The Labute approximate surface area is 139 Å². The van der Waals surface area contributed by atoms with Crippen LogP contribution in [0.25, 0.3) is 0 Å². The summed E-state index contributed by atoms with van der Waals surface area (Å²) < 4.78 is 0. The van der Waals surface area contributed by atoms with Gasteiger partial charge in [0, 0.05) is 17.0 Å². The molecule has 0 atom stereocenters. The van der Waals surface area contributed by atoms with E-state index in [0.717, 1.165) is 30.1 Å². The van der Waals surface area contributed by atoms with Crippen molar-refractivity contribution < 1.29 is 4.79 Å². The molecule has 0 unspecified atom stereocenters. The van der Waals surface area contributed by atoms with Gasteiger partial charge in [-0.2, -0.15) is 5.26 Å². The lowest BCUT2D eigenvalue weighted by Crippen LogP contribution is -2.31. The van der Waals surface area contributed by atoms with Gasteiger partial charge in [0.05, 0.1) is 17.3 Å². The smallest absolute Gasteiger partial charge is 0.260 e. The predicted octanol–water partition coefficient (Wildman–Crippen LogP) is 3.73. The number of thiazole rings is 1. The zero-order chi connectivity index (χ0) is 16.2. The summed E-state index contributed by atoms with van der Waals surface area (Å²) in [6.45, 7) is 4.15. The Bertz CT molecular complexity index is 764. The van der Waals surface area contributed by atoms with Crippen LogP contribution in [0.1, 0.15) is 39.3 Å². The highest BCUT2D eigenvalue weighted by Gasteiger charge is 2.23. The number of anilines is 1. The molecule has 1 aromatic carbocycles. The fraction of sp³-hybridized carbons (Fsp3) is 0.278. The fourth-order valence-corrected chi connectivity index (χ4v) is 3.86. The van der Waals surface area contributed by atoms with Gasteiger partial charge in [0.1, 0.15) is 0 Å². The van der Waals surface area contributed by atoms with Gasteiger partial charge in [0.25, 0.3) is 5.91 Å². The van der Waals surface area contributed by atoms with Crippen molar-refractivity contribution in [2.45, 2.75) is 25.7 Å². The standard InChI is InChI=1S/C18H17N3OS/c1-2-10-21(17(22)14-7-5-6-13(11-14)12-19)18-20-15-8-3-4-9-16(15)23-18/h2,5-7,11H,1,3-4,8-10H2. The molecule has 3 rings (SSSR count). The lowest BCUT2D eigenvalue weighted by atomic mass is 10.0. The largest absolute Gasteiger partial charge is 0.280 e. The summed E-state index contributed by atoms with van der Waals surface area (Å²) in [6, 6.07) is 8.83. The maximum atomic E-state index is 12.9. The Kier molecular flexibility index (Phi) is 4.54.